The molecule has 1 aliphatic heterocycles. The van der Waals surface area contributed by atoms with Gasteiger partial charge in [0.25, 0.3) is 8.00 Å². The minimum Gasteiger partial charge on any atom is -0.601 e. The van der Waals surface area contributed by atoms with Crippen molar-refractivity contribution < 1.29 is 19.2 Å². The van der Waals surface area contributed by atoms with Crippen LogP contribution in [-0.2, 0) is 14.3 Å². The van der Waals surface area contributed by atoms with Crippen molar-refractivity contribution in [1.29, 1.82) is 0 Å². The highest BCUT2D eigenvalue weighted by atomic mass is 31.1. The van der Waals surface area contributed by atoms with Gasteiger partial charge < -0.3 is 4.89 Å². The molecule has 5 rings (SSSR count). The topological polar surface area (TPSA) is 50.8 Å². The SMILES string of the molecule is [O-][P+](OCC12CC3CC(CC(C3)C1)C2)=C1COO1. The van der Waals surface area contributed by atoms with Crippen molar-refractivity contribution in [3.8, 4) is 0 Å². The summed E-state index contributed by atoms with van der Waals surface area (Å²) in [4.78, 5) is 21.0. The van der Waals surface area contributed by atoms with Crippen LogP contribution in [0.15, 0.2) is 0 Å². The zero-order valence-corrected chi connectivity index (χ0v) is 11.4. The maximum atomic E-state index is 11.8. The van der Waals surface area contributed by atoms with Gasteiger partial charge in [-0.15, -0.1) is 0 Å². The molecule has 1 heterocycles. The largest absolute Gasteiger partial charge is 0.601 e. The Morgan fingerprint density at radius 3 is 2.17 bits per heavy atom. The third-order valence-corrected chi connectivity index (χ3v) is 6.17. The highest BCUT2D eigenvalue weighted by Crippen LogP contribution is 2.60. The van der Waals surface area contributed by atoms with E-state index in [1.54, 1.807) is 0 Å². The van der Waals surface area contributed by atoms with Gasteiger partial charge >= 0.3 is 5.48 Å². The quantitative estimate of drug-likeness (QED) is 0.581. The number of hydrogen-bond acceptors (Lipinski definition) is 4. The summed E-state index contributed by atoms with van der Waals surface area (Å²) in [5.74, 6) is 2.73. The molecule has 4 nitrogen and oxygen atoms in total. The summed E-state index contributed by atoms with van der Waals surface area (Å²) in [5.41, 5.74) is 0.792. The maximum Gasteiger partial charge on any atom is 0.313 e. The number of rotatable bonds is 3. The van der Waals surface area contributed by atoms with Gasteiger partial charge in [0.05, 0.1) is 0 Å². The van der Waals surface area contributed by atoms with E-state index in [4.69, 9.17) is 4.52 Å². The first kappa shape index (κ1) is 11.8. The minimum atomic E-state index is -1.79. The van der Waals surface area contributed by atoms with Crippen LogP contribution < -0.4 is 4.89 Å². The van der Waals surface area contributed by atoms with Gasteiger partial charge in [-0.3, -0.25) is 0 Å². The molecule has 0 amide bonds. The van der Waals surface area contributed by atoms with Crippen molar-refractivity contribution in [3.05, 3.63) is 0 Å². The van der Waals surface area contributed by atoms with Crippen LogP contribution in [0.5, 0.6) is 0 Å². The van der Waals surface area contributed by atoms with E-state index < -0.39 is 8.00 Å². The van der Waals surface area contributed by atoms with Gasteiger partial charge in [-0.1, -0.05) is 0 Å². The van der Waals surface area contributed by atoms with E-state index in [1.807, 2.05) is 0 Å². The average Bonchev–Trinajstić information content (AvgIpc) is 2.22. The Morgan fingerprint density at radius 2 is 1.72 bits per heavy atom. The smallest absolute Gasteiger partial charge is 0.313 e. The summed E-state index contributed by atoms with van der Waals surface area (Å²) >= 11 is 0. The third-order valence-electron chi connectivity index (χ3n) is 5.19. The van der Waals surface area contributed by atoms with Crippen LogP contribution in [0.3, 0.4) is 0 Å². The van der Waals surface area contributed by atoms with E-state index in [1.165, 1.54) is 38.5 Å². The molecule has 0 spiro atoms. The molecule has 18 heavy (non-hydrogen) atoms. The highest BCUT2D eigenvalue weighted by Gasteiger charge is 2.51. The second-order valence-electron chi connectivity index (χ2n) is 6.69. The van der Waals surface area contributed by atoms with E-state index >= 15 is 0 Å². The van der Waals surface area contributed by atoms with E-state index in [0.29, 0.717) is 24.1 Å². The average molecular weight is 270 g/mol. The molecule has 5 heteroatoms. The molecule has 4 bridgehead atoms. The Balaban J connectivity index is 1.44. The first-order chi connectivity index (χ1) is 8.72. The number of hydrogen-bond donors (Lipinski definition) is 0. The van der Waals surface area contributed by atoms with Gasteiger partial charge in [0.1, 0.15) is 6.61 Å². The lowest BCUT2D eigenvalue weighted by Crippen LogP contribution is -2.48. The lowest BCUT2D eigenvalue weighted by molar-refractivity contribution is -0.269. The molecule has 0 aromatic heterocycles. The van der Waals surface area contributed by atoms with E-state index in [-0.39, 0.29) is 0 Å². The fraction of sp³-hybridized carbons (Fsp3) is 0.923. The first-order valence-corrected chi connectivity index (χ1v) is 8.16. The minimum absolute atomic E-state index is 0.324. The Hall–Kier alpha value is 0.0100. The van der Waals surface area contributed by atoms with Crippen molar-refractivity contribution in [2.75, 3.05) is 13.2 Å². The van der Waals surface area contributed by atoms with Crippen molar-refractivity contribution in [2.24, 2.45) is 23.2 Å². The van der Waals surface area contributed by atoms with Crippen LogP contribution in [0, 0.1) is 23.2 Å². The summed E-state index contributed by atoms with van der Waals surface area (Å²) in [6, 6.07) is 0. The molecule has 4 saturated carbocycles. The van der Waals surface area contributed by atoms with Gasteiger partial charge in [0.2, 0.25) is 0 Å². The highest BCUT2D eigenvalue weighted by molar-refractivity contribution is 7.46. The molecule has 0 N–H and O–H groups in total. The molecule has 4 aliphatic carbocycles. The fourth-order valence-corrected chi connectivity index (χ4v) is 5.74. The van der Waals surface area contributed by atoms with E-state index in [2.05, 4.69) is 9.78 Å². The molecular weight excluding hydrogens is 251 g/mol. The monoisotopic (exact) mass is 270 g/mol. The maximum absolute atomic E-state index is 11.8. The van der Waals surface area contributed by atoms with Crippen LogP contribution in [0.4, 0.5) is 0 Å². The third kappa shape index (κ3) is 1.95. The molecule has 1 saturated heterocycles. The van der Waals surface area contributed by atoms with Crippen LogP contribution in [0.1, 0.15) is 38.5 Å². The first-order valence-electron chi connectivity index (χ1n) is 6.98. The normalized spacial score (nSPS) is 48.2. The van der Waals surface area contributed by atoms with E-state index in [9.17, 15) is 4.89 Å². The summed E-state index contributed by atoms with van der Waals surface area (Å²) in [5, 5.41) is 0. The van der Waals surface area contributed by atoms with Crippen LogP contribution in [-0.4, -0.2) is 18.7 Å². The molecule has 1 atom stereocenters. The van der Waals surface area contributed by atoms with Crippen molar-refractivity contribution in [3.63, 3.8) is 0 Å². The lowest BCUT2D eigenvalue weighted by Gasteiger charge is -2.56. The van der Waals surface area contributed by atoms with Gasteiger partial charge in [-0.2, -0.15) is 9.41 Å². The van der Waals surface area contributed by atoms with Gasteiger partial charge in [0, 0.05) is 0 Å². The van der Waals surface area contributed by atoms with Crippen molar-refractivity contribution in [2.45, 2.75) is 38.5 Å². The molecule has 0 aromatic carbocycles. The molecule has 0 aromatic rings. The lowest BCUT2D eigenvalue weighted by atomic mass is 9.50. The van der Waals surface area contributed by atoms with E-state index in [0.717, 1.165) is 17.8 Å². The molecule has 1 unspecified atom stereocenters. The second-order valence-corrected chi connectivity index (χ2v) is 7.96. The summed E-state index contributed by atoms with van der Waals surface area (Å²) in [6.07, 6.45) is 8.15. The van der Waals surface area contributed by atoms with Gasteiger partial charge in [0.15, 0.2) is 6.61 Å². The van der Waals surface area contributed by atoms with Crippen molar-refractivity contribution in [1.82, 2.24) is 0 Å². The van der Waals surface area contributed by atoms with Crippen LogP contribution >= 0.6 is 8.00 Å². The Labute approximate surface area is 108 Å². The Morgan fingerprint density at radius 1 is 1.17 bits per heavy atom. The fourth-order valence-electron chi connectivity index (χ4n) is 4.93. The molecule has 5 aliphatic rings. The van der Waals surface area contributed by atoms with Crippen LogP contribution in [0.2, 0.25) is 0 Å². The molecule has 100 valence electrons. The zero-order chi connectivity index (χ0) is 12.2. The molecular formula is C13H19O4P. The Bertz CT molecular complexity index is 351. The summed E-state index contributed by atoms with van der Waals surface area (Å²) in [6.45, 7) is 0.981. The predicted molar refractivity (Wildman–Crippen MR) is 65.5 cm³/mol. The van der Waals surface area contributed by atoms with Gasteiger partial charge in [-0.25, -0.2) is 4.89 Å². The summed E-state index contributed by atoms with van der Waals surface area (Å²) in [7, 11) is -1.79. The van der Waals surface area contributed by atoms with Gasteiger partial charge in [-0.05, 0) is 61.7 Å². The second kappa shape index (κ2) is 4.26. The molecule has 0 radical (unpaired) electrons. The molecule has 5 fully saturated rings. The summed E-state index contributed by atoms with van der Waals surface area (Å²) < 4.78 is 5.60. The Kier molecular flexibility index (Phi) is 2.79. The van der Waals surface area contributed by atoms with Crippen LogP contribution in [0.25, 0.3) is 0 Å². The van der Waals surface area contributed by atoms with Crippen molar-refractivity contribution >= 4 is 13.5 Å². The zero-order valence-electron chi connectivity index (χ0n) is 10.5. The standard InChI is InChI=1S/C13H19O4P/c14-18(12-7-15-17-12)16-8-13-4-9-1-10(5-13)3-11(2-9)6-13/h9-11H,1-8H2. The predicted octanol–water partition coefficient (Wildman–Crippen LogP) is 1.98.